The zero-order valence-electron chi connectivity index (χ0n) is 14.8. The molecule has 0 radical (unpaired) electrons. The standard InChI is InChI=1S/C18H24N6O/c1-14-4-5-16-20-15(11-24(16)9-14)10-23-7-3-6-18(25,12-23)8-17-21-19-13-22(17)2/h4-5,9,11,13,25H,3,6-8,10,12H2,1-2H3. The van der Waals surface area contributed by atoms with Gasteiger partial charge in [-0.1, -0.05) is 6.07 Å². The first-order valence-corrected chi connectivity index (χ1v) is 8.73. The zero-order chi connectivity index (χ0) is 17.4. The van der Waals surface area contributed by atoms with Crippen LogP contribution >= 0.6 is 0 Å². The van der Waals surface area contributed by atoms with Gasteiger partial charge in [0.2, 0.25) is 0 Å². The molecule has 0 bridgehead atoms. The summed E-state index contributed by atoms with van der Waals surface area (Å²) >= 11 is 0. The number of imidazole rings is 1. The molecule has 4 rings (SSSR count). The first-order chi connectivity index (χ1) is 12.0. The molecule has 1 aliphatic rings. The Hall–Kier alpha value is -2.25. The molecule has 1 saturated heterocycles. The molecule has 3 aromatic heterocycles. The minimum Gasteiger partial charge on any atom is -0.388 e. The second-order valence-electron chi connectivity index (χ2n) is 7.28. The molecule has 7 heteroatoms. The summed E-state index contributed by atoms with van der Waals surface area (Å²) < 4.78 is 3.95. The van der Waals surface area contributed by atoms with Crippen LogP contribution < -0.4 is 0 Å². The molecule has 4 heterocycles. The predicted molar refractivity (Wildman–Crippen MR) is 94.1 cm³/mol. The van der Waals surface area contributed by atoms with E-state index in [1.54, 1.807) is 6.33 Å². The Balaban J connectivity index is 1.47. The minimum absolute atomic E-state index is 0.532. The Kier molecular flexibility index (Phi) is 4.05. The molecule has 1 N–H and O–H groups in total. The summed E-state index contributed by atoms with van der Waals surface area (Å²) in [6.07, 6.45) is 8.15. The maximum absolute atomic E-state index is 11.0. The summed E-state index contributed by atoms with van der Waals surface area (Å²) in [5.41, 5.74) is 2.46. The SMILES string of the molecule is Cc1ccc2nc(CN3CCCC(O)(Cc4nncn4C)C3)cn2c1. The second-order valence-corrected chi connectivity index (χ2v) is 7.28. The quantitative estimate of drug-likeness (QED) is 0.776. The molecule has 7 nitrogen and oxygen atoms in total. The number of aliphatic hydroxyl groups is 1. The molecule has 1 fully saturated rings. The van der Waals surface area contributed by atoms with E-state index in [0.29, 0.717) is 13.0 Å². The number of fused-ring (bicyclic) bond motifs is 1. The molecule has 1 aliphatic heterocycles. The third kappa shape index (κ3) is 3.43. The van der Waals surface area contributed by atoms with Crippen LogP contribution in [0, 0.1) is 6.92 Å². The number of hydrogen-bond donors (Lipinski definition) is 1. The number of nitrogens with zero attached hydrogens (tertiary/aromatic N) is 6. The number of likely N-dealkylation sites (tertiary alicyclic amines) is 1. The summed E-state index contributed by atoms with van der Waals surface area (Å²) in [4.78, 5) is 6.98. The van der Waals surface area contributed by atoms with Crippen molar-refractivity contribution in [1.29, 1.82) is 0 Å². The van der Waals surface area contributed by atoms with Gasteiger partial charge in [0, 0.05) is 39.0 Å². The predicted octanol–water partition coefficient (Wildman–Crippen LogP) is 1.34. The second kappa shape index (κ2) is 6.24. The fraction of sp³-hybridized carbons (Fsp3) is 0.500. The van der Waals surface area contributed by atoms with Crippen molar-refractivity contribution in [2.75, 3.05) is 13.1 Å². The van der Waals surface area contributed by atoms with E-state index in [1.165, 1.54) is 5.56 Å². The largest absolute Gasteiger partial charge is 0.388 e. The normalized spacial score (nSPS) is 21.9. The third-order valence-electron chi connectivity index (χ3n) is 4.96. The van der Waals surface area contributed by atoms with Crippen LogP contribution in [0.3, 0.4) is 0 Å². The molecule has 3 aromatic rings. The van der Waals surface area contributed by atoms with Gasteiger partial charge in [0.1, 0.15) is 17.8 Å². The van der Waals surface area contributed by atoms with Crippen LogP contribution in [0.4, 0.5) is 0 Å². The van der Waals surface area contributed by atoms with Crippen LogP contribution in [0.2, 0.25) is 0 Å². The van der Waals surface area contributed by atoms with Crippen molar-refractivity contribution in [1.82, 2.24) is 29.0 Å². The lowest BCUT2D eigenvalue weighted by molar-refractivity contribution is -0.0347. The molecular formula is C18H24N6O. The maximum atomic E-state index is 11.0. The molecule has 0 aromatic carbocycles. The molecule has 1 atom stereocenters. The summed E-state index contributed by atoms with van der Waals surface area (Å²) in [7, 11) is 1.91. The van der Waals surface area contributed by atoms with Gasteiger partial charge >= 0.3 is 0 Å². The number of hydrogen-bond acceptors (Lipinski definition) is 5. The van der Waals surface area contributed by atoms with Crippen molar-refractivity contribution in [3.05, 3.63) is 47.9 Å². The van der Waals surface area contributed by atoms with Crippen molar-refractivity contribution in [2.24, 2.45) is 7.05 Å². The van der Waals surface area contributed by atoms with Crippen molar-refractivity contribution in [2.45, 2.75) is 38.3 Å². The highest BCUT2D eigenvalue weighted by molar-refractivity contribution is 5.41. The van der Waals surface area contributed by atoms with Crippen LogP contribution in [-0.2, 0) is 20.0 Å². The number of aryl methyl sites for hydroxylation is 2. The Bertz CT molecular complexity index is 885. The smallest absolute Gasteiger partial charge is 0.137 e. The van der Waals surface area contributed by atoms with Gasteiger partial charge in [-0.3, -0.25) is 4.90 Å². The number of aromatic nitrogens is 5. The van der Waals surface area contributed by atoms with E-state index in [4.69, 9.17) is 4.98 Å². The summed E-state index contributed by atoms with van der Waals surface area (Å²) in [5, 5.41) is 19.1. The average molecular weight is 340 g/mol. The van der Waals surface area contributed by atoms with Gasteiger partial charge in [0.05, 0.1) is 11.3 Å². The number of rotatable bonds is 4. The first-order valence-electron chi connectivity index (χ1n) is 8.73. The third-order valence-corrected chi connectivity index (χ3v) is 4.96. The van der Waals surface area contributed by atoms with Crippen molar-refractivity contribution in [3.63, 3.8) is 0 Å². The number of β-amino-alcohol motifs (C(OH)–C–C–N with tert-alkyl or cyclic N) is 1. The number of pyridine rings is 1. The summed E-state index contributed by atoms with van der Waals surface area (Å²) in [6.45, 7) is 4.44. The van der Waals surface area contributed by atoms with E-state index < -0.39 is 5.60 Å². The Morgan fingerprint density at radius 2 is 2.16 bits per heavy atom. The van der Waals surface area contributed by atoms with Crippen LogP contribution in [0.1, 0.15) is 29.9 Å². The van der Waals surface area contributed by atoms with Crippen molar-refractivity contribution >= 4 is 5.65 Å². The molecule has 0 amide bonds. The number of piperidine rings is 1. The first kappa shape index (κ1) is 16.2. The Morgan fingerprint density at radius 3 is 2.96 bits per heavy atom. The van der Waals surface area contributed by atoms with E-state index in [-0.39, 0.29) is 0 Å². The lowest BCUT2D eigenvalue weighted by Crippen LogP contribution is -2.49. The van der Waals surface area contributed by atoms with Gasteiger partial charge in [-0.25, -0.2) is 4.98 Å². The lowest BCUT2D eigenvalue weighted by atomic mass is 9.89. The molecule has 1 unspecified atom stereocenters. The Labute approximate surface area is 146 Å². The van der Waals surface area contributed by atoms with Gasteiger partial charge in [0.15, 0.2) is 0 Å². The van der Waals surface area contributed by atoms with Gasteiger partial charge in [-0.05, 0) is 37.9 Å². The van der Waals surface area contributed by atoms with Gasteiger partial charge in [-0.2, -0.15) is 0 Å². The minimum atomic E-state index is -0.755. The van der Waals surface area contributed by atoms with Crippen LogP contribution in [-0.4, -0.2) is 52.8 Å². The highest BCUT2D eigenvalue weighted by Gasteiger charge is 2.34. The van der Waals surface area contributed by atoms with Crippen LogP contribution in [0.15, 0.2) is 30.9 Å². The molecule has 0 saturated carbocycles. The summed E-state index contributed by atoms with van der Waals surface area (Å²) in [5.74, 6) is 0.826. The molecular weight excluding hydrogens is 316 g/mol. The fourth-order valence-electron chi connectivity index (χ4n) is 3.71. The van der Waals surface area contributed by atoms with Crippen LogP contribution in [0.25, 0.3) is 5.65 Å². The Morgan fingerprint density at radius 1 is 1.28 bits per heavy atom. The monoisotopic (exact) mass is 340 g/mol. The van der Waals surface area contributed by atoms with Crippen molar-refractivity contribution in [3.8, 4) is 0 Å². The molecule has 0 spiro atoms. The topological polar surface area (TPSA) is 71.5 Å². The van der Waals surface area contributed by atoms with E-state index in [2.05, 4.69) is 44.9 Å². The van der Waals surface area contributed by atoms with E-state index in [0.717, 1.165) is 43.1 Å². The highest BCUT2D eigenvalue weighted by atomic mass is 16.3. The van der Waals surface area contributed by atoms with Crippen LogP contribution in [0.5, 0.6) is 0 Å². The molecule has 25 heavy (non-hydrogen) atoms. The van der Waals surface area contributed by atoms with Gasteiger partial charge < -0.3 is 14.1 Å². The van der Waals surface area contributed by atoms with Gasteiger partial charge in [-0.15, -0.1) is 10.2 Å². The van der Waals surface area contributed by atoms with Gasteiger partial charge in [0.25, 0.3) is 0 Å². The lowest BCUT2D eigenvalue weighted by Gasteiger charge is -2.38. The van der Waals surface area contributed by atoms with E-state index >= 15 is 0 Å². The maximum Gasteiger partial charge on any atom is 0.137 e. The fourth-order valence-corrected chi connectivity index (χ4v) is 3.71. The zero-order valence-corrected chi connectivity index (χ0v) is 14.8. The molecule has 0 aliphatic carbocycles. The average Bonchev–Trinajstić information content (AvgIpc) is 3.12. The summed E-state index contributed by atoms with van der Waals surface area (Å²) in [6, 6.07) is 4.12. The van der Waals surface area contributed by atoms with E-state index in [9.17, 15) is 5.11 Å². The van der Waals surface area contributed by atoms with E-state index in [1.807, 2.05) is 17.7 Å². The highest BCUT2D eigenvalue weighted by Crippen LogP contribution is 2.25. The van der Waals surface area contributed by atoms with Crippen molar-refractivity contribution < 1.29 is 5.11 Å². The molecule has 132 valence electrons.